The van der Waals surface area contributed by atoms with Crippen molar-refractivity contribution in [2.45, 2.75) is 220 Å². The van der Waals surface area contributed by atoms with E-state index in [9.17, 15) is 0 Å². The second-order valence-corrected chi connectivity index (χ2v) is 42.3. The highest BCUT2D eigenvalue weighted by atomic mass is 31.1. The Bertz CT molecular complexity index is 5970. The van der Waals surface area contributed by atoms with Gasteiger partial charge in [0.1, 0.15) is 0 Å². The van der Waals surface area contributed by atoms with Crippen LogP contribution in [-0.2, 0) is 115 Å². The third-order valence-corrected chi connectivity index (χ3v) is 35.1. The Morgan fingerprint density at radius 3 is 0.477 bits per heavy atom. The molecule has 6 aliphatic carbocycles. The summed E-state index contributed by atoms with van der Waals surface area (Å²) in [6.45, 7) is 9.50. The number of hydrogen-bond donors (Lipinski definition) is 0. The van der Waals surface area contributed by atoms with Gasteiger partial charge in [-0.05, 0) is 417 Å². The van der Waals surface area contributed by atoms with Crippen molar-refractivity contribution in [1.82, 2.24) is 0 Å². The summed E-state index contributed by atoms with van der Waals surface area (Å²) >= 11 is 0. The highest BCUT2D eigenvalue weighted by Gasteiger charge is 2.36. The summed E-state index contributed by atoms with van der Waals surface area (Å²) in [5, 5.41) is 5.77. The average molecular weight is 1750 g/mol. The van der Waals surface area contributed by atoms with Crippen molar-refractivity contribution < 1.29 is 0 Å². The molecule has 0 heterocycles. The molecule has 22 rings (SSSR count). The molecule has 0 fully saturated rings. The molecular formula is C130H128P2. The van der Waals surface area contributed by atoms with Crippen molar-refractivity contribution in [2.24, 2.45) is 0 Å². The van der Waals surface area contributed by atoms with Crippen LogP contribution < -0.4 is 21.2 Å². The van der Waals surface area contributed by atoms with Crippen LogP contribution in [-0.4, -0.2) is 0 Å². The SMILES string of the molecule is CCc1c(-c2ccccc2)cc2c(c1-c1c3c(cc(-c4ccccc4)c1CC)CCCC3)CCCC2.CCc1c(-c2ccccc2)cc2c(c1-c1c3c(cc(-c4ccccc4)c1CC)CCCC3)CCCC2.c1ccc(-c2cc3c(c(-c4c5c(cc(-c6ccccc6)c4CP(c4ccccc4)c4ccccc4)CCCC5)c2CP(c2ccccc2)c2ccccc2)CCCC3)cc1. The summed E-state index contributed by atoms with van der Waals surface area (Å²) in [5.41, 5.74) is 55.2. The lowest BCUT2D eigenvalue weighted by atomic mass is 9.73. The monoisotopic (exact) mass is 1750 g/mol. The van der Waals surface area contributed by atoms with Crippen molar-refractivity contribution in [3.8, 4) is 100 Å². The number of hydrogen-bond acceptors (Lipinski definition) is 0. The fraction of sp³-hybridized carbons (Fsp3) is 0.262. The van der Waals surface area contributed by atoms with Crippen molar-refractivity contribution in [2.75, 3.05) is 0 Å². The van der Waals surface area contributed by atoms with Crippen LogP contribution in [0, 0.1) is 0 Å². The predicted molar refractivity (Wildman–Crippen MR) is 571 cm³/mol. The second-order valence-electron chi connectivity index (χ2n) is 37.9. The molecule has 0 N–H and O–H groups in total. The molecule has 0 bridgehead atoms. The molecule has 0 saturated heterocycles. The molecule has 0 amide bonds. The summed E-state index contributed by atoms with van der Waals surface area (Å²) in [7, 11) is -1.42. The summed E-state index contributed by atoms with van der Waals surface area (Å²) in [6.07, 6.45) is 36.1. The Labute approximate surface area is 791 Å². The van der Waals surface area contributed by atoms with Crippen LogP contribution in [0.5, 0.6) is 0 Å². The van der Waals surface area contributed by atoms with Gasteiger partial charge in [-0.15, -0.1) is 0 Å². The Kier molecular flexibility index (Phi) is 27.9. The smallest absolute Gasteiger partial charge is 0.00199 e. The van der Waals surface area contributed by atoms with Crippen molar-refractivity contribution in [1.29, 1.82) is 0 Å². The quantitative estimate of drug-likeness (QED) is 0.0629. The first-order valence-corrected chi connectivity index (χ1v) is 53.6. The van der Waals surface area contributed by atoms with Gasteiger partial charge in [-0.25, -0.2) is 0 Å². The van der Waals surface area contributed by atoms with E-state index in [2.05, 4.69) is 367 Å². The molecule has 16 aromatic carbocycles. The normalized spacial score (nSPS) is 14.3. The molecule has 0 atom stereocenters. The Hall–Kier alpha value is -11.6. The maximum Gasteiger partial charge on any atom is 0.00199 e. The molecule has 16 aromatic rings. The van der Waals surface area contributed by atoms with Crippen LogP contribution in [0.1, 0.15) is 205 Å². The van der Waals surface area contributed by atoms with Crippen LogP contribution in [0.15, 0.2) is 340 Å². The van der Waals surface area contributed by atoms with Crippen LogP contribution in [0.3, 0.4) is 0 Å². The topological polar surface area (TPSA) is 0 Å². The summed E-state index contributed by atoms with van der Waals surface area (Å²) in [4.78, 5) is 0. The molecule has 132 heavy (non-hydrogen) atoms. The Morgan fingerprint density at radius 1 is 0.167 bits per heavy atom. The standard InChI is InChI=1S/C58H52P2.2C36H38/c1-7-23-43(24-8-1)53-39-45-27-19-21-37-51(45)57(55(53)41-59(47-29-11-3-12-30-47)48-31-13-4-14-32-48)58-52-38-22-20-28-46(52)40-54(44-25-9-2-10-26-44)56(58)42-60(49-33-15-5-16-34-49)50-35-17-6-18-36-50;2*1-3-29-33(25-15-7-5-8-16-25)23-27-19-11-13-21-31(27)35(29)36-30(4-2)34(26-17-9-6-10-18-26)24-28-20-12-14-22-32(28)36/h1-18,23-26,29-36,39-40H,19-22,27-28,37-38,41-42H2;2*5-10,15-18,23-24H,3-4,11-14,19-22H2,1-2H3. The van der Waals surface area contributed by atoms with E-state index >= 15 is 0 Å². The summed E-state index contributed by atoms with van der Waals surface area (Å²) < 4.78 is 0. The summed E-state index contributed by atoms with van der Waals surface area (Å²) in [5.74, 6) is 0. The van der Waals surface area contributed by atoms with Gasteiger partial charge in [0, 0.05) is 12.3 Å². The van der Waals surface area contributed by atoms with Crippen LogP contribution >= 0.6 is 15.8 Å². The second kappa shape index (κ2) is 41.7. The molecule has 0 nitrogen and oxygen atoms in total. The van der Waals surface area contributed by atoms with E-state index in [1.54, 1.807) is 134 Å². The third-order valence-electron chi connectivity index (χ3n) is 30.1. The van der Waals surface area contributed by atoms with Gasteiger partial charge < -0.3 is 0 Å². The zero-order valence-corrected chi connectivity index (χ0v) is 80.2. The molecular weight excluding hydrogens is 1620 g/mol. The first-order valence-electron chi connectivity index (χ1n) is 50.5. The van der Waals surface area contributed by atoms with E-state index in [1.807, 2.05) is 0 Å². The van der Waals surface area contributed by atoms with E-state index in [0.29, 0.717) is 0 Å². The van der Waals surface area contributed by atoms with Crippen molar-refractivity contribution >= 4 is 37.1 Å². The molecule has 0 radical (unpaired) electrons. The Morgan fingerprint density at radius 2 is 0.311 bits per heavy atom. The largest absolute Gasteiger partial charge is 0.0622 e. The van der Waals surface area contributed by atoms with Gasteiger partial charge in [-0.2, -0.15) is 0 Å². The highest BCUT2D eigenvalue weighted by Crippen LogP contribution is 2.56. The number of fused-ring (bicyclic) bond motifs is 6. The maximum atomic E-state index is 2.64. The van der Waals surface area contributed by atoms with Crippen molar-refractivity contribution in [3.05, 3.63) is 440 Å². The first kappa shape index (κ1) is 88.3. The summed E-state index contributed by atoms with van der Waals surface area (Å²) in [6, 6.07) is 129. The lowest BCUT2D eigenvalue weighted by Crippen LogP contribution is -2.18. The van der Waals surface area contributed by atoms with Crippen molar-refractivity contribution in [3.63, 3.8) is 0 Å². The molecule has 0 aliphatic heterocycles. The van der Waals surface area contributed by atoms with Crippen LogP contribution in [0.4, 0.5) is 0 Å². The Balaban J connectivity index is 0.000000130. The van der Waals surface area contributed by atoms with Crippen LogP contribution in [0.25, 0.3) is 100 Å². The highest BCUT2D eigenvalue weighted by molar-refractivity contribution is 7.72. The van der Waals surface area contributed by atoms with Crippen LogP contribution in [0.2, 0.25) is 0 Å². The first-order chi connectivity index (χ1) is 65.4. The molecule has 6 aliphatic rings. The molecule has 2 heteroatoms. The van der Waals surface area contributed by atoms with E-state index in [0.717, 1.165) is 63.7 Å². The molecule has 0 spiro atoms. The number of aryl methyl sites for hydroxylation is 6. The third kappa shape index (κ3) is 18.3. The minimum Gasteiger partial charge on any atom is -0.0622 e. The van der Waals surface area contributed by atoms with Gasteiger partial charge in [-0.3, -0.25) is 0 Å². The number of rotatable bonds is 21. The molecule has 0 saturated carbocycles. The lowest BCUT2D eigenvalue weighted by molar-refractivity contribution is 0.680. The van der Waals surface area contributed by atoms with Gasteiger partial charge in [0.2, 0.25) is 0 Å². The van der Waals surface area contributed by atoms with Gasteiger partial charge in [0.05, 0.1) is 0 Å². The van der Waals surface area contributed by atoms with Gasteiger partial charge >= 0.3 is 0 Å². The lowest BCUT2D eigenvalue weighted by Gasteiger charge is -2.33. The zero-order valence-electron chi connectivity index (χ0n) is 78.4. The minimum atomic E-state index is -0.711. The molecule has 0 aromatic heterocycles. The molecule has 658 valence electrons. The van der Waals surface area contributed by atoms with E-state index in [1.165, 1.54) is 216 Å². The maximum absolute atomic E-state index is 2.64. The van der Waals surface area contributed by atoms with Gasteiger partial charge in [0.15, 0.2) is 0 Å². The number of benzene rings is 16. The zero-order chi connectivity index (χ0) is 89.1. The van der Waals surface area contributed by atoms with Gasteiger partial charge in [-0.1, -0.05) is 367 Å². The fourth-order valence-electron chi connectivity index (χ4n) is 24.0. The minimum absolute atomic E-state index is 0.711. The average Bonchev–Trinajstić information content (AvgIpc) is 0.735. The molecule has 0 unspecified atom stereocenters. The van der Waals surface area contributed by atoms with Gasteiger partial charge in [0.25, 0.3) is 0 Å². The predicted octanol–water partition coefficient (Wildman–Crippen LogP) is 32.9. The fourth-order valence-corrected chi connectivity index (χ4v) is 28.7. The van der Waals surface area contributed by atoms with E-state index < -0.39 is 15.8 Å². The van der Waals surface area contributed by atoms with E-state index in [4.69, 9.17) is 0 Å². The van der Waals surface area contributed by atoms with E-state index in [-0.39, 0.29) is 0 Å².